The van der Waals surface area contributed by atoms with Crippen LogP contribution in [0.1, 0.15) is 12.6 Å². The summed E-state index contributed by atoms with van der Waals surface area (Å²) in [7, 11) is 0. The molecule has 0 radical (unpaired) electrons. The molecule has 0 spiro atoms. The van der Waals surface area contributed by atoms with E-state index < -0.39 is 0 Å². The minimum absolute atomic E-state index is 0.767. The normalized spacial score (nSPS) is 14.5. The maximum absolute atomic E-state index is 4.72. The summed E-state index contributed by atoms with van der Waals surface area (Å²) in [4.78, 5) is 26.6. The van der Waals surface area contributed by atoms with Crippen molar-refractivity contribution in [3.8, 4) is 11.3 Å². The monoisotopic (exact) mass is 347 g/mol. The number of nitrogens with zero attached hydrogens (tertiary/aromatic N) is 7. The van der Waals surface area contributed by atoms with Crippen LogP contribution in [-0.4, -0.2) is 51.1 Å². The standard InChI is InChI=1S/C19H21N7/c1-2-16-12-18(23-14-22-16)25-8-10-26(11-9-25)19-21-7-5-17(24-19)15-4-3-6-20-13-15/h3-7,12-14H,2,8-11H2,1H3. The summed E-state index contributed by atoms with van der Waals surface area (Å²) in [6.07, 6.45) is 7.98. The Morgan fingerprint density at radius 2 is 1.81 bits per heavy atom. The molecule has 0 saturated carbocycles. The Morgan fingerprint density at radius 1 is 0.962 bits per heavy atom. The highest BCUT2D eigenvalue weighted by molar-refractivity contribution is 5.59. The lowest BCUT2D eigenvalue weighted by molar-refractivity contribution is 0.633. The maximum Gasteiger partial charge on any atom is 0.225 e. The van der Waals surface area contributed by atoms with Crippen LogP contribution < -0.4 is 9.80 Å². The van der Waals surface area contributed by atoms with Gasteiger partial charge in [-0.25, -0.2) is 19.9 Å². The van der Waals surface area contributed by atoms with Crippen LogP contribution in [0, 0.1) is 0 Å². The van der Waals surface area contributed by atoms with Gasteiger partial charge in [0.05, 0.1) is 5.69 Å². The van der Waals surface area contributed by atoms with E-state index in [-0.39, 0.29) is 0 Å². The van der Waals surface area contributed by atoms with Crippen molar-refractivity contribution in [3.63, 3.8) is 0 Å². The van der Waals surface area contributed by atoms with Crippen LogP contribution in [0.15, 0.2) is 49.2 Å². The van der Waals surface area contributed by atoms with Gasteiger partial charge in [0.25, 0.3) is 0 Å². The predicted octanol–water partition coefficient (Wildman–Crippen LogP) is 2.22. The molecular weight excluding hydrogens is 326 g/mol. The van der Waals surface area contributed by atoms with Crippen molar-refractivity contribution in [2.75, 3.05) is 36.0 Å². The Morgan fingerprint density at radius 3 is 2.58 bits per heavy atom. The molecule has 0 N–H and O–H groups in total. The van der Waals surface area contributed by atoms with Gasteiger partial charge in [-0.3, -0.25) is 4.98 Å². The predicted molar refractivity (Wildman–Crippen MR) is 101 cm³/mol. The number of pyridine rings is 1. The topological polar surface area (TPSA) is 70.9 Å². The number of piperazine rings is 1. The van der Waals surface area contributed by atoms with Gasteiger partial charge in [-0.1, -0.05) is 6.92 Å². The molecule has 1 aliphatic rings. The number of hydrogen-bond acceptors (Lipinski definition) is 7. The molecule has 132 valence electrons. The van der Waals surface area contributed by atoms with Crippen LogP contribution in [0.2, 0.25) is 0 Å². The van der Waals surface area contributed by atoms with E-state index in [1.807, 2.05) is 30.6 Å². The fraction of sp³-hybridized carbons (Fsp3) is 0.316. The molecular formula is C19H21N7. The summed E-state index contributed by atoms with van der Waals surface area (Å²) in [5.41, 5.74) is 2.97. The highest BCUT2D eigenvalue weighted by atomic mass is 15.3. The van der Waals surface area contributed by atoms with Gasteiger partial charge in [0, 0.05) is 62.1 Å². The third-order valence-electron chi connectivity index (χ3n) is 4.56. The molecule has 7 nitrogen and oxygen atoms in total. The second-order valence-electron chi connectivity index (χ2n) is 6.18. The Hall–Kier alpha value is -3.09. The summed E-state index contributed by atoms with van der Waals surface area (Å²) >= 11 is 0. The summed E-state index contributed by atoms with van der Waals surface area (Å²) in [5, 5.41) is 0. The van der Waals surface area contributed by atoms with Crippen molar-refractivity contribution in [2.45, 2.75) is 13.3 Å². The molecule has 7 heteroatoms. The highest BCUT2D eigenvalue weighted by Gasteiger charge is 2.20. The SMILES string of the molecule is CCc1cc(N2CCN(c3nccc(-c4cccnc4)n3)CC2)ncn1. The molecule has 26 heavy (non-hydrogen) atoms. The number of anilines is 2. The Kier molecular flexibility index (Phi) is 4.68. The molecule has 0 atom stereocenters. The lowest BCUT2D eigenvalue weighted by Gasteiger charge is -2.35. The molecule has 0 unspecified atom stereocenters. The van der Waals surface area contributed by atoms with Gasteiger partial charge in [-0.05, 0) is 24.6 Å². The third kappa shape index (κ3) is 3.46. The molecule has 0 bridgehead atoms. The lowest BCUT2D eigenvalue weighted by Crippen LogP contribution is -2.47. The largest absolute Gasteiger partial charge is 0.353 e. The van der Waals surface area contributed by atoms with Crippen LogP contribution in [0.3, 0.4) is 0 Å². The van der Waals surface area contributed by atoms with E-state index in [9.17, 15) is 0 Å². The minimum atomic E-state index is 0.767. The summed E-state index contributed by atoms with van der Waals surface area (Å²) in [5.74, 6) is 1.77. The molecule has 1 aliphatic heterocycles. The van der Waals surface area contributed by atoms with E-state index in [0.29, 0.717) is 0 Å². The van der Waals surface area contributed by atoms with E-state index in [1.54, 1.807) is 12.5 Å². The molecule has 1 fully saturated rings. The van der Waals surface area contributed by atoms with Crippen molar-refractivity contribution in [1.82, 2.24) is 24.9 Å². The fourth-order valence-corrected chi connectivity index (χ4v) is 3.06. The second kappa shape index (κ2) is 7.43. The minimum Gasteiger partial charge on any atom is -0.353 e. The van der Waals surface area contributed by atoms with Gasteiger partial charge in [0.15, 0.2) is 0 Å². The van der Waals surface area contributed by atoms with E-state index in [2.05, 4.69) is 42.7 Å². The quantitative estimate of drug-likeness (QED) is 0.716. The first-order chi connectivity index (χ1) is 12.8. The van der Waals surface area contributed by atoms with Crippen LogP contribution in [0.25, 0.3) is 11.3 Å². The molecule has 1 saturated heterocycles. The highest BCUT2D eigenvalue weighted by Crippen LogP contribution is 2.20. The second-order valence-corrected chi connectivity index (χ2v) is 6.18. The number of hydrogen-bond donors (Lipinski definition) is 0. The van der Waals surface area contributed by atoms with Gasteiger partial charge >= 0.3 is 0 Å². The van der Waals surface area contributed by atoms with E-state index in [1.165, 1.54) is 0 Å². The molecule has 4 rings (SSSR count). The van der Waals surface area contributed by atoms with Gasteiger partial charge < -0.3 is 9.80 Å². The maximum atomic E-state index is 4.72. The Labute approximate surface area is 152 Å². The van der Waals surface area contributed by atoms with Gasteiger partial charge in [0.2, 0.25) is 5.95 Å². The van der Waals surface area contributed by atoms with Crippen molar-refractivity contribution in [1.29, 1.82) is 0 Å². The van der Waals surface area contributed by atoms with Gasteiger partial charge in [0.1, 0.15) is 12.1 Å². The third-order valence-corrected chi connectivity index (χ3v) is 4.56. The average molecular weight is 347 g/mol. The number of aromatic nitrogens is 5. The lowest BCUT2D eigenvalue weighted by atomic mass is 10.2. The van der Waals surface area contributed by atoms with Crippen LogP contribution >= 0.6 is 0 Å². The van der Waals surface area contributed by atoms with E-state index in [0.717, 1.165) is 61.3 Å². The first-order valence-electron chi connectivity index (χ1n) is 8.88. The van der Waals surface area contributed by atoms with Gasteiger partial charge in [-0.15, -0.1) is 0 Å². The van der Waals surface area contributed by atoms with E-state index in [4.69, 9.17) is 4.98 Å². The number of rotatable bonds is 4. The summed E-state index contributed by atoms with van der Waals surface area (Å²) in [6.45, 7) is 5.61. The number of aryl methyl sites for hydroxylation is 1. The van der Waals surface area contributed by atoms with Crippen LogP contribution in [-0.2, 0) is 6.42 Å². The summed E-state index contributed by atoms with van der Waals surface area (Å²) < 4.78 is 0. The smallest absolute Gasteiger partial charge is 0.225 e. The van der Waals surface area contributed by atoms with Crippen molar-refractivity contribution in [2.24, 2.45) is 0 Å². The van der Waals surface area contributed by atoms with Crippen molar-refractivity contribution >= 4 is 11.8 Å². The molecule has 3 aromatic heterocycles. The molecule has 0 amide bonds. The Balaban J connectivity index is 1.46. The van der Waals surface area contributed by atoms with Gasteiger partial charge in [-0.2, -0.15) is 0 Å². The van der Waals surface area contributed by atoms with Crippen LogP contribution in [0.4, 0.5) is 11.8 Å². The van der Waals surface area contributed by atoms with Crippen molar-refractivity contribution in [3.05, 3.63) is 54.9 Å². The first-order valence-corrected chi connectivity index (χ1v) is 8.88. The molecule has 0 aliphatic carbocycles. The molecule has 0 aromatic carbocycles. The average Bonchev–Trinajstić information content (AvgIpc) is 2.75. The molecule has 4 heterocycles. The zero-order valence-corrected chi connectivity index (χ0v) is 14.8. The van der Waals surface area contributed by atoms with E-state index >= 15 is 0 Å². The zero-order valence-electron chi connectivity index (χ0n) is 14.8. The fourth-order valence-electron chi connectivity index (χ4n) is 3.06. The Bertz CT molecular complexity index is 861. The molecule has 3 aromatic rings. The summed E-state index contributed by atoms with van der Waals surface area (Å²) in [6, 6.07) is 7.93. The zero-order chi connectivity index (χ0) is 17.8. The van der Waals surface area contributed by atoms with Crippen molar-refractivity contribution < 1.29 is 0 Å². The first kappa shape index (κ1) is 16.4. The van der Waals surface area contributed by atoms with Crippen LogP contribution in [0.5, 0.6) is 0 Å².